The molecule has 0 atom stereocenters. The first-order valence-electron chi connectivity index (χ1n) is 7.21. The minimum atomic E-state index is -3.96. The van der Waals surface area contributed by atoms with E-state index in [2.05, 4.69) is 10.5 Å². The van der Waals surface area contributed by atoms with Crippen molar-refractivity contribution in [2.24, 2.45) is 5.14 Å². The lowest BCUT2D eigenvalue weighted by Crippen LogP contribution is -2.15. The third kappa shape index (κ3) is 3.47. The molecule has 1 heterocycles. The molecule has 0 saturated carbocycles. The Bertz CT molecular complexity index is 1240. The fourth-order valence-electron chi connectivity index (χ4n) is 2.34. The zero-order valence-corrected chi connectivity index (χ0v) is 14.1. The van der Waals surface area contributed by atoms with Crippen molar-refractivity contribution in [3.63, 3.8) is 0 Å². The topological polar surface area (TPSA) is 176 Å². The van der Waals surface area contributed by atoms with Crippen molar-refractivity contribution in [1.29, 1.82) is 5.26 Å². The summed E-state index contributed by atoms with van der Waals surface area (Å²) in [6.45, 7) is 0. The standard InChI is InChI=1S/C16H10N4O6S/c17-7-8-1-4-12(11(5-8)16(22)23)19-15(21)14-10-3-2-9(27(18,24)25)6-13(10)26-20-14/h1-6H,(H,19,21)(H,22,23)(H2,18,24,25). The Morgan fingerprint density at radius 2 is 1.96 bits per heavy atom. The number of carbonyl (C=O) groups excluding carboxylic acids is 1. The molecule has 0 bridgehead atoms. The molecule has 1 amide bonds. The maximum Gasteiger partial charge on any atom is 0.337 e. The largest absolute Gasteiger partial charge is 0.478 e. The molecule has 27 heavy (non-hydrogen) atoms. The number of nitrogens with one attached hydrogen (secondary N) is 1. The number of carbonyl (C=O) groups is 2. The highest BCUT2D eigenvalue weighted by molar-refractivity contribution is 7.89. The molecule has 0 unspecified atom stereocenters. The van der Waals surface area contributed by atoms with Gasteiger partial charge in [-0.3, -0.25) is 4.79 Å². The van der Waals surface area contributed by atoms with Crippen molar-refractivity contribution in [3.8, 4) is 6.07 Å². The van der Waals surface area contributed by atoms with Crippen LogP contribution in [0.2, 0.25) is 0 Å². The monoisotopic (exact) mass is 386 g/mol. The van der Waals surface area contributed by atoms with E-state index in [-0.39, 0.29) is 38.4 Å². The van der Waals surface area contributed by atoms with Gasteiger partial charge in [-0.1, -0.05) is 5.16 Å². The van der Waals surface area contributed by atoms with Crippen LogP contribution in [0.5, 0.6) is 0 Å². The lowest BCUT2D eigenvalue weighted by molar-refractivity contribution is 0.0698. The van der Waals surface area contributed by atoms with Crippen molar-refractivity contribution in [3.05, 3.63) is 53.2 Å². The fourth-order valence-corrected chi connectivity index (χ4v) is 2.87. The molecule has 0 aliphatic carbocycles. The predicted molar refractivity (Wildman–Crippen MR) is 91.5 cm³/mol. The molecule has 0 aliphatic rings. The van der Waals surface area contributed by atoms with Crippen LogP contribution < -0.4 is 10.5 Å². The number of carboxylic acid groups (broad SMARTS) is 1. The van der Waals surface area contributed by atoms with Crippen LogP contribution in [0.25, 0.3) is 11.0 Å². The first-order valence-corrected chi connectivity index (χ1v) is 8.76. The summed E-state index contributed by atoms with van der Waals surface area (Å²) in [5.41, 5.74) is -0.347. The summed E-state index contributed by atoms with van der Waals surface area (Å²) in [6, 6.07) is 9.18. The van der Waals surface area contributed by atoms with Crippen LogP contribution in [0, 0.1) is 11.3 Å². The molecule has 0 saturated heterocycles. The average Bonchev–Trinajstić information content (AvgIpc) is 3.04. The number of carboxylic acids is 1. The first-order chi connectivity index (χ1) is 12.7. The molecule has 0 radical (unpaired) electrons. The van der Waals surface area contributed by atoms with Gasteiger partial charge in [0.2, 0.25) is 10.0 Å². The maximum absolute atomic E-state index is 12.5. The van der Waals surface area contributed by atoms with E-state index in [1.54, 1.807) is 0 Å². The summed E-state index contributed by atoms with van der Waals surface area (Å²) in [5.74, 6) is -2.10. The highest BCUT2D eigenvalue weighted by Crippen LogP contribution is 2.24. The van der Waals surface area contributed by atoms with Crippen molar-refractivity contribution in [2.45, 2.75) is 4.90 Å². The van der Waals surface area contributed by atoms with Crippen LogP contribution >= 0.6 is 0 Å². The van der Waals surface area contributed by atoms with E-state index in [0.717, 1.165) is 12.1 Å². The van der Waals surface area contributed by atoms with Crippen LogP contribution in [-0.2, 0) is 10.0 Å². The normalized spacial score (nSPS) is 11.1. The van der Waals surface area contributed by atoms with E-state index in [1.807, 2.05) is 6.07 Å². The van der Waals surface area contributed by atoms with Gasteiger partial charge in [-0.25, -0.2) is 18.4 Å². The number of hydrogen-bond acceptors (Lipinski definition) is 7. The molecule has 0 aliphatic heterocycles. The van der Waals surface area contributed by atoms with Gasteiger partial charge < -0.3 is 14.9 Å². The SMILES string of the molecule is N#Cc1ccc(NC(=O)c2noc3cc(S(N)(=O)=O)ccc23)c(C(=O)O)c1. The van der Waals surface area contributed by atoms with Gasteiger partial charge >= 0.3 is 5.97 Å². The number of aromatic nitrogens is 1. The van der Waals surface area contributed by atoms with Crippen molar-refractivity contribution in [2.75, 3.05) is 5.32 Å². The number of nitrogens with two attached hydrogens (primary N) is 1. The molecule has 11 heteroatoms. The van der Waals surface area contributed by atoms with E-state index < -0.39 is 21.9 Å². The number of fused-ring (bicyclic) bond motifs is 1. The lowest BCUT2D eigenvalue weighted by Gasteiger charge is -2.07. The molecule has 1 aromatic heterocycles. The Hall–Kier alpha value is -3.75. The fraction of sp³-hybridized carbons (Fsp3) is 0. The molecular formula is C16H10N4O6S. The van der Waals surface area contributed by atoms with Crippen LogP contribution in [-0.4, -0.2) is 30.6 Å². The summed E-state index contributed by atoms with van der Waals surface area (Å²) in [5, 5.41) is 29.3. The molecular weight excluding hydrogens is 376 g/mol. The predicted octanol–water partition coefficient (Wildman–Crippen LogP) is 1.30. The highest BCUT2D eigenvalue weighted by Gasteiger charge is 2.21. The van der Waals surface area contributed by atoms with Crippen LogP contribution in [0.4, 0.5) is 5.69 Å². The minimum Gasteiger partial charge on any atom is -0.478 e. The molecule has 10 nitrogen and oxygen atoms in total. The number of amides is 1. The third-order valence-electron chi connectivity index (χ3n) is 3.61. The molecule has 3 aromatic rings. The van der Waals surface area contributed by atoms with Gasteiger partial charge in [-0.2, -0.15) is 5.26 Å². The summed E-state index contributed by atoms with van der Waals surface area (Å²) in [4.78, 5) is 23.6. The Morgan fingerprint density at radius 3 is 2.59 bits per heavy atom. The lowest BCUT2D eigenvalue weighted by atomic mass is 10.1. The number of primary sulfonamides is 1. The van der Waals surface area contributed by atoms with E-state index in [0.29, 0.717) is 0 Å². The minimum absolute atomic E-state index is 0.0185. The number of rotatable bonds is 4. The Kier molecular flexibility index (Phi) is 4.36. The molecule has 4 N–H and O–H groups in total. The molecule has 2 aromatic carbocycles. The number of benzene rings is 2. The number of nitriles is 1. The van der Waals surface area contributed by atoms with E-state index in [1.165, 1.54) is 24.3 Å². The second kappa shape index (κ2) is 6.52. The van der Waals surface area contributed by atoms with Crippen LogP contribution in [0.3, 0.4) is 0 Å². The molecule has 136 valence electrons. The van der Waals surface area contributed by atoms with Gasteiger partial charge in [0, 0.05) is 6.07 Å². The third-order valence-corrected chi connectivity index (χ3v) is 4.53. The van der Waals surface area contributed by atoms with Crippen molar-refractivity contribution < 1.29 is 27.6 Å². The Labute approximate surface area is 151 Å². The van der Waals surface area contributed by atoms with E-state index >= 15 is 0 Å². The maximum atomic E-state index is 12.5. The highest BCUT2D eigenvalue weighted by atomic mass is 32.2. The first kappa shape index (κ1) is 18.1. The second-order valence-corrected chi connectivity index (χ2v) is 6.93. The Balaban J connectivity index is 1.98. The van der Waals surface area contributed by atoms with Crippen LogP contribution in [0.15, 0.2) is 45.8 Å². The average molecular weight is 386 g/mol. The number of hydrogen-bond donors (Lipinski definition) is 3. The molecule has 3 rings (SSSR count). The van der Waals surface area contributed by atoms with Gasteiger partial charge in [-0.05, 0) is 30.3 Å². The van der Waals surface area contributed by atoms with Crippen LogP contribution in [0.1, 0.15) is 26.4 Å². The molecule has 0 fully saturated rings. The summed E-state index contributed by atoms with van der Waals surface area (Å²) >= 11 is 0. The summed E-state index contributed by atoms with van der Waals surface area (Å²) in [7, 11) is -3.96. The van der Waals surface area contributed by atoms with Gasteiger partial charge in [0.15, 0.2) is 11.3 Å². The van der Waals surface area contributed by atoms with Crippen molar-refractivity contribution in [1.82, 2.24) is 5.16 Å². The van der Waals surface area contributed by atoms with Gasteiger partial charge in [0.1, 0.15) is 0 Å². The summed E-state index contributed by atoms with van der Waals surface area (Å²) in [6.07, 6.45) is 0. The van der Waals surface area contributed by atoms with Crippen molar-refractivity contribution >= 4 is 38.6 Å². The van der Waals surface area contributed by atoms with E-state index in [9.17, 15) is 23.1 Å². The quantitative estimate of drug-likeness (QED) is 0.600. The number of nitrogens with zero attached hydrogens (tertiary/aromatic N) is 2. The zero-order chi connectivity index (χ0) is 19.8. The number of anilines is 1. The summed E-state index contributed by atoms with van der Waals surface area (Å²) < 4.78 is 27.7. The van der Waals surface area contributed by atoms with Gasteiger partial charge in [0.05, 0.1) is 33.2 Å². The van der Waals surface area contributed by atoms with Gasteiger partial charge in [0.25, 0.3) is 5.91 Å². The molecule has 0 spiro atoms. The van der Waals surface area contributed by atoms with E-state index in [4.69, 9.17) is 14.9 Å². The smallest absolute Gasteiger partial charge is 0.337 e. The Morgan fingerprint density at radius 1 is 1.22 bits per heavy atom. The second-order valence-electron chi connectivity index (χ2n) is 5.37. The van der Waals surface area contributed by atoms with Gasteiger partial charge in [-0.15, -0.1) is 0 Å². The number of aromatic carboxylic acids is 1. The zero-order valence-electron chi connectivity index (χ0n) is 13.3. The number of sulfonamides is 1.